The molecule has 2 N–H and O–H groups in total. The quantitative estimate of drug-likeness (QED) is 0.210. The third-order valence-corrected chi connectivity index (χ3v) is 7.72. The summed E-state index contributed by atoms with van der Waals surface area (Å²) in [6, 6.07) is 2.29. The second kappa shape index (κ2) is 14.6. The van der Waals surface area contributed by atoms with Crippen molar-refractivity contribution in [2.24, 2.45) is 9.98 Å². The van der Waals surface area contributed by atoms with Crippen LogP contribution in [0.15, 0.2) is 69.1 Å². The number of nitrogens with zero attached hydrogens (tertiary/aromatic N) is 4. The van der Waals surface area contributed by atoms with E-state index in [4.69, 9.17) is 10.4 Å². The lowest BCUT2D eigenvalue weighted by molar-refractivity contribution is 0.207. The van der Waals surface area contributed by atoms with E-state index in [0.29, 0.717) is 23.5 Å². The largest absolute Gasteiger partial charge is 0.352 e. The normalized spacial score (nSPS) is 17.3. The summed E-state index contributed by atoms with van der Waals surface area (Å²) < 4.78 is 28.4. The van der Waals surface area contributed by atoms with Gasteiger partial charge in [-0.2, -0.15) is 4.99 Å². The fourth-order valence-electron chi connectivity index (χ4n) is 4.53. The number of allylic oxidation sites excluding steroid dienone is 5. The van der Waals surface area contributed by atoms with Crippen molar-refractivity contribution in [3.63, 3.8) is 0 Å². The molecule has 1 aliphatic carbocycles. The summed E-state index contributed by atoms with van der Waals surface area (Å²) >= 11 is 0. The number of nitrogens with one attached hydrogen (secondary N) is 2. The molecule has 10 heteroatoms. The highest BCUT2D eigenvalue weighted by molar-refractivity contribution is 7.27. The number of hydrogen-bond acceptors (Lipinski definition) is 5. The number of guanidine groups is 1. The van der Waals surface area contributed by atoms with Crippen molar-refractivity contribution in [1.29, 1.82) is 5.41 Å². The van der Waals surface area contributed by atoms with Gasteiger partial charge >= 0.3 is 6.03 Å². The van der Waals surface area contributed by atoms with Gasteiger partial charge in [0.05, 0.1) is 18.8 Å². The van der Waals surface area contributed by atoms with E-state index in [1.54, 1.807) is 4.90 Å². The number of hydrogen-bond donors (Lipinski definition) is 2. The van der Waals surface area contributed by atoms with Crippen LogP contribution in [0.3, 0.4) is 0 Å². The Bertz CT molecular complexity index is 1380. The van der Waals surface area contributed by atoms with Crippen LogP contribution in [0.5, 0.6) is 0 Å². The average Bonchev–Trinajstić information content (AvgIpc) is 2.95. The summed E-state index contributed by atoms with van der Waals surface area (Å²) in [6.45, 7) is 16.5. The van der Waals surface area contributed by atoms with E-state index < -0.39 is 17.7 Å². The van der Waals surface area contributed by atoms with Crippen molar-refractivity contribution in [2.45, 2.75) is 86.2 Å². The van der Waals surface area contributed by atoms with Crippen molar-refractivity contribution >= 4 is 38.0 Å². The summed E-state index contributed by atoms with van der Waals surface area (Å²) in [5.74, 6) is -1.37. The zero-order chi connectivity index (χ0) is 31.1. The van der Waals surface area contributed by atoms with Crippen LogP contribution in [-0.2, 0) is 6.54 Å². The molecule has 2 unspecified atom stereocenters. The predicted molar refractivity (Wildman–Crippen MR) is 172 cm³/mol. The molecule has 3 rings (SSSR count). The number of unbranched alkanes of at least 4 members (excludes halogenated alkanes) is 1. The Kier molecular flexibility index (Phi) is 11.5. The van der Waals surface area contributed by atoms with Gasteiger partial charge in [-0.25, -0.2) is 13.6 Å². The molecule has 0 radical (unpaired) electrons. The molecule has 0 spiro atoms. The van der Waals surface area contributed by atoms with E-state index >= 15 is 0 Å². The number of carbonyl (C=O) groups is 1. The first-order valence-corrected chi connectivity index (χ1v) is 15.1. The molecule has 2 amide bonds. The van der Waals surface area contributed by atoms with Crippen LogP contribution in [0.1, 0.15) is 79.2 Å². The Balaban J connectivity index is 2.10. The lowest BCUT2D eigenvalue weighted by atomic mass is 9.91. The van der Waals surface area contributed by atoms with E-state index in [1.807, 2.05) is 26.8 Å². The lowest BCUT2D eigenvalue weighted by Gasteiger charge is -2.38. The molecule has 1 heterocycles. The topological polar surface area (TPSA) is 84.1 Å². The summed E-state index contributed by atoms with van der Waals surface area (Å²) in [7, 11) is 2.21. The Morgan fingerprint density at radius 2 is 1.90 bits per heavy atom. The molecule has 0 saturated carbocycles. The summed E-state index contributed by atoms with van der Waals surface area (Å²) in [6.07, 6.45) is 8.33. The maximum Gasteiger partial charge on any atom is 0.352 e. The highest BCUT2D eigenvalue weighted by atomic mass is 31.0. The maximum atomic E-state index is 14.4. The van der Waals surface area contributed by atoms with Gasteiger partial charge in [-0.1, -0.05) is 39.3 Å². The van der Waals surface area contributed by atoms with Crippen molar-refractivity contribution in [1.82, 2.24) is 15.1 Å². The third-order valence-electron chi connectivity index (χ3n) is 7.30. The molecule has 0 saturated heterocycles. The highest BCUT2D eigenvalue weighted by Gasteiger charge is 2.32. The zero-order valence-electron chi connectivity index (χ0n) is 25.6. The van der Waals surface area contributed by atoms with Crippen molar-refractivity contribution in [3.05, 3.63) is 76.3 Å². The number of halogens is 2. The Hall–Kier alpha value is -3.45. The van der Waals surface area contributed by atoms with Gasteiger partial charge in [0.15, 0.2) is 11.6 Å². The van der Waals surface area contributed by atoms with Gasteiger partial charge in [0.25, 0.3) is 0 Å². The average molecular weight is 597 g/mol. The first-order chi connectivity index (χ1) is 19.9. The van der Waals surface area contributed by atoms with Crippen LogP contribution < -0.4 is 10.6 Å². The Labute approximate surface area is 251 Å². The first-order valence-electron chi connectivity index (χ1n) is 14.5. The SMILES string of the molecule is C=C1N(CC(=N)CC)C(=O)N=C(NC2=CC(=C(C)C)/C(=N\C(C)CC)C=C2CCCC)N1Cc1cc(F)c(F)c(P)c1. The fraction of sp³-hybridized carbons (Fsp3) is 0.438. The molecular weight excluding hydrogens is 553 g/mol. The van der Waals surface area contributed by atoms with E-state index in [-0.39, 0.29) is 30.4 Å². The van der Waals surface area contributed by atoms with Gasteiger partial charge in [-0.15, -0.1) is 9.24 Å². The molecule has 2 aliphatic rings. The molecule has 1 aromatic carbocycles. The van der Waals surface area contributed by atoms with Gasteiger partial charge in [0.1, 0.15) is 5.82 Å². The zero-order valence-corrected chi connectivity index (χ0v) is 26.7. The Morgan fingerprint density at radius 3 is 2.50 bits per heavy atom. The van der Waals surface area contributed by atoms with Crippen LogP contribution >= 0.6 is 9.24 Å². The number of rotatable bonds is 11. The third kappa shape index (κ3) is 7.88. The molecule has 42 heavy (non-hydrogen) atoms. The number of aliphatic imine (C=N–C) groups is 2. The van der Waals surface area contributed by atoms with Gasteiger partial charge in [0.2, 0.25) is 5.96 Å². The first kappa shape index (κ1) is 33.1. The van der Waals surface area contributed by atoms with Crippen LogP contribution in [0, 0.1) is 17.0 Å². The van der Waals surface area contributed by atoms with Crippen LogP contribution in [0.25, 0.3) is 0 Å². The van der Waals surface area contributed by atoms with Gasteiger partial charge in [-0.05, 0) is 81.9 Å². The molecule has 0 fully saturated rings. The van der Waals surface area contributed by atoms with Gasteiger partial charge in [0, 0.05) is 28.3 Å². The smallest absolute Gasteiger partial charge is 0.325 e. The summed E-state index contributed by atoms with van der Waals surface area (Å²) in [5.41, 5.74) is 5.68. The molecule has 7 nitrogen and oxygen atoms in total. The minimum absolute atomic E-state index is 0.0375. The number of urea groups is 1. The number of benzene rings is 1. The van der Waals surface area contributed by atoms with E-state index in [0.717, 1.165) is 59.9 Å². The van der Waals surface area contributed by atoms with Crippen LogP contribution in [0.2, 0.25) is 0 Å². The molecule has 2 atom stereocenters. The summed E-state index contributed by atoms with van der Waals surface area (Å²) in [4.78, 5) is 25.6. The van der Waals surface area contributed by atoms with Crippen molar-refractivity contribution in [2.75, 3.05) is 6.54 Å². The van der Waals surface area contributed by atoms with E-state index in [9.17, 15) is 13.6 Å². The van der Waals surface area contributed by atoms with Crippen LogP contribution in [0.4, 0.5) is 13.6 Å². The molecular formula is C32H43F2N6OP. The molecule has 0 aromatic heterocycles. The van der Waals surface area contributed by atoms with Crippen molar-refractivity contribution in [3.8, 4) is 0 Å². The van der Waals surface area contributed by atoms with E-state index in [1.165, 1.54) is 11.0 Å². The molecule has 1 aliphatic heterocycles. The van der Waals surface area contributed by atoms with Crippen LogP contribution in [-0.4, -0.2) is 45.8 Å². The molecule has 1 aromatic rings. The number of carbonyl (C=O) groups excluding carboxylic acids is 1. The predicted octanol–water partition coefficient (Wildman–Crippen LogP) is 7.14. The minimum atomic E-state index is -0.964. The monoisotopic (exact) mass is 596 g/mol. The van der Waals surface area contributed by atoms with E-state index in [2.05, 4.69) is 53.0 Å². The Morgan fingerprint density at radius 1 is 1.19 bits per heavy atom. The van der Waals surface area contributed by atoms with Crippen molar-refractivity contribution < 1.29 is 13.6 Å². The standard InChI is InChI=1S/C32H43F2N6OP/c1-8-11-12-23-15-28(36-20(6)9-2)25(19(4)5)16-27(23)37-31-38-32(41)40(18-24(35)10-3)21(7)39(31)17-22-13-26(33)30(34)29(42)14-22/h13-16,20,35H,7-12,17-18,42H2,1-6H3,(H,37,38,41)/b35-24?,36-28-. The molecule has 226 valence electrons. The summed E-state index contributed by atoms with van der Waals surface area (Å²) in [5, 5.41) is 11.7. The minimum Gasteiger partial charge on any atom is -0.325 e. The fourth-order valence-corrected chi connectivity index (χ4v) is 4.89. The number of amides is 2. The second-order valence-electron chi connectivity index (χ2n) is 10.9. The second-order valence-corrected chi connectivity index (χ2v) is 11.5. The van der Waals surface area contributed by atoms with Gasteiger partial charge in [-0.3, -0.25) is 14.8 Å². The molecule has 0 bridgehead atoms. The highest BCUT2D eigenvalue weighted by Crippen LogP contribution is 2.28. The maximum absolute atomic E-state index is 14.4. The van der Waals surface area contributed by atoms with Gasteiger partial charge < -0.3 is 10.7 Å². The lowest BCUT2D eigenvalue weighted by Crippen LogP contribution is -2.51.